The number of rotatable bonds is 4. The van der Waals surface area contributed by atoms with Crippen molar-refractivity contribution in [2.75, 3.05) is 13.1 Å². The van der Waals surface area contributed by atoms with Crippen LogP contribution in [0.15, 0.2) is 0 Å². The van der Waals surface area contributed by atoms with Gasteiger partial charge in [0.05, 0.1) is 5.60 Å². The highest BCUT2D eigenvalue weighted by molar-refractivity contribution is 4.93. The van der Waals surface area contributed by atoms with Gasteiger partial charge in [-0.15, -0.1) is 0 Å². The molecule has 0 radical (unpaired) electrons. The van der Waals surface area contributed by atoms with Gasteiger partial charge in [0.1, 0.15) is 0 Å². The van der Waals surface area contributed by atoms with E-state index in [0.29, 0.717) is 6.04 Å². The Balaban J connectivity index is 1.72. The minimum Gasteiger partial charge on any atom is -0.390 e. The number of aliphatic hydroxyl groups is 1. The van der Waals surface area contributed by atoms with Crippen molar-refractivity contribution >= 4 is 0 Å². The topological polar surface area (TPSA) is 23.5 Å². The molecule has 0 amide bonds. The van der Waals surface area contributed by atoms with Gasteiger partial charge in [0.25, 0.3) is 0 Å². The minimum absolute atomic E-state index is 0.236. The van der Waals surface area contributed by atoms with E-state index in [4.69, 9.17) is 0 Å². The molecular formula is C13H25NO. The maximum absolute atomic E-state index is 9.82. The normalized spacial score (nSPS) is 30.8. The Morgan fingerprint density at radius 1 is 1.40 bits per heavy atom. The SMILES string of the molecule is CC(C)N1CCCC(CCC2(O)CC2)C1. The van der Waals surface area contributed by atoms with Gasteiger partial charge in [-0.25, -0.2) is 0 Å². The second-order valence-corrected chi connectivity index (χ2v) is 5.86. The maximum atomic E-state index is 9.82. The number of nitrogens with zero attached hydrogens (tertiary/aromatic N) is 1. The van der Waals surface area contributed by atoms with E-state index in [1.165, 1.54) is 32.4 Å². The second-order valence-electron chi connectivity index (χ2n) is 5.86. The van der Waals surface area contributed by atoms with Crippen LogP contribution in [0.5, 0.6) is 0 Å². The Morgan fingerprint density at radius 2 is 2.13 bits per heavy atom. The van der Waals surface area contributed by atoms with Crippen LogP contribution in [0.1, 0.15) is 52.4 Å². The lowest BCUT2D eigenvalue weighted by Gasteiger charge is -2.35. The third-order valence-corrected chi connectivity index (χ3v) is 4.13. The molecule has 1 atom stereocenters. The van der Waals surface area contributed by atoms with E-state index in [1.54, 1.807) is 0 Å². The van der Waals surface area contributed by atoms with Crippen molar-refractivity contribution in [2.45, 2.75) is 64.0 Å². The largest absolute Gasteiger partial charge is 0.390 e. The molecule has 0 bridgehead atoms. The van der Waals surface area contributed by atoms with Crippen LogP contribution < -0.4 is 0 Å². The molecule has 1 heterocycles. The lowest BCUT2D eigenvalue weighted by Crippen LogP contribution is -2.40. The number of hydrogen-bond donors (Lipinski definition) is 1. The van der Waals surface area contributed by atoms with Crippen LogP contribution in [0.2, 0.25) is 0 Å². The summed E-state index contributed by atoms with van der Waals surface area (Å²) >= 11 is 0. The van der Waals surface area contributed by atoms with Gasteiger partial charge in [-0.3, -0.25) is 0 Å². The summed E-state index contributed by atoms with van der Waals surface area (Å²) in [6.45, 7) is 7.11. The fourth-order valence-electron chi connectivity index (χ4n) is 2.67. The van der Waals surface area contributed by atoms with Gasteiger partial charge in [0.15, 0.2) is 0 Å². The molecule has 2 fully saturated rings. The van der Waals surface area contributed by atoms with E-state index in [2.05, 4.69) is 18.7 Å². The van der Waals surface area contributed by atoms with Gasteiger partial charge in [0.2, 0.25) is 0 Å². The summed E-state index contributed by atoms with van der Waals surface area (Å²) < 4.78 is 0. The summed E-state index contributed by atoms with van der Waals surface area (Å²) in [4.78, 5) is 2.59. The van der Waals surface area contributed by atoms with E-state index in [9.17, 15) is 5.11 Å². The van der Waals surface area contributed by atoms with Crippen LogP contribution in [-0.4, -0.2) is 34.7 Å². The van der Waals surface area contributed by atoms with Gasteiger partial charge in [-0.05, 0) is 64.8 Å². The molecule has 2 aliphatic rings. The Labute approximate surface area is 93.7 Å². The highest BCUT2D eigenvalue weighted by atomic mass is 16.3. The summed E-state index contributed by atoms with van der Waals surface area (Å²) in [6.07, 6.45) is 7.10. The monoisotopic (exact) mass is 211 g/mol. The van der Waals surface area contributed by atoms with Crippen LogP contribution in [0.3, 0.4) is 0 Å². The molecule has 0 aromatic rings. The van der Waals surface area contributed by atoms with Gasteiger partial charge in [-0.1, -0.05) is 0 Å². The Morgan fingerprint density at radius 3 is 2.73 bits per heavy atom. The summed E-state index contributed by atoms with van der Waals surface area (Å²) in [5.74, 6) is 0.839. The maximum Gasteiger partial charge on any atom is 0.0650 e. The Bertz CT molecular complexity index is 211. The van der Waals surface area contributed by atoms with Crippen molar-refractivity contribution in [3.8, 4) is 0 Å². The molecule has 15 heavy (non-hydrogen) atoms. The second kappa shape index (κ2) is 4.42. The van der Waals surface area contributed by atoms with Crippen LogP contribution in [-0.2, 0) is 0 Å². The molecule has 0 aromatic heterocycles. The highest BCUT2D eigenvalue weighted by Gasteiger charge is 2.40. The average Bonchev–Trinajstić information content (AvgIpc) is 2.95. The van der Waals surface area contributed by atoms with E-state index in [1.807, 2.05) is 0 Å². The predicted molar refractivity (Wildman–Crippen MR) is 62.9 cm³/mol. The molecule has 1 saturated carbocycles. The number of piperidine rings is 1. The molecule has 1 aliphatic carbocycles. The lowest BCUT2D eigenvalue weighted by molar-refractivity contribution is 0.101. The molecular weight excluding hydrogens is 186 g/mol. The predicted octanol–water partition coefficient (Wildman–Crippen LogP) is 2.41. The van der Waals surface area contributed by atoms with Crippen molar-refractivity contribution < 1.29 is 5.11 Å². The average molecular weight is 211 g/mol. The lowest BCUT2D eigenvalue weighted by atomic mass is 9.91. The van der Waals surface area contributed by atoms with Gasteiger partial charge >= 0.3 is 0 Å². The first-order valence-electron chi connectivity index (χ1n) is 6.55. The zero-order valence-electron chi connectivity index (χ0n) is 10.2. The smallest absolute Gasteiger partial charge is 0.0650 e. The van der Waals surface area contributed by atoms with Crippen LogP contribution in [0.25, 0.3) is 0 Å². The zero-order chi connectivity index (χ0) is 10.9. The first-order chi connectivity index (χ1) is 7.09. The van der Waals surface area contributed by atoms with E-state index in [-0.39, 0.29) is 5.60 Å². The van der Waals surface area contributed by atoms with Crippen molar-refractivity contribution in [3.05, 3.63) is 0 Å². The summed E-state index contributed by atoms with van der Waals surface area (Å²) in [7, 11) is 0. The van der Waals surface area contributed by atoms with Crippen LogP contribution in [0, 0.1) is 5.92 Å². The molecule has 0 spiro atoms. The first-order valence-corrected chi connectivity index (χ1v) is 6.55. The van der Waals surface area contributed by atoms with Crippen LogP contribution in [0.4, 0.5) is 0 Å². The highest BCUT2D eigenvalue weighted by Crippen LogP contribution is 2.41. The third kappa shape index (κ3) is 3.18. The molecule has 1 saturated heterocycles. The van der Waals surface area contributed by atoms with Gasteiger partial charge in [-0.2, -0.15) is 0 Å². The van der Waals surface area contributed by atoms with Crippen molar-refractivity contribution in [3.63, 3.8) is 0 Å². The van der Waals surface area contributed by atoms with Crippen molar-refractivity contribution in [2.24, 2.45) is 5.92 Å². The molecule has 1 N–H and O–H groups in total. The molecule has 2 rings (SSSR count). The third-order valence-electron chi connectivity index (χ3n) is 4.13. The Hall–Kier alpha value is -0.0800. The zero-order valence-corrected chi connectivity index (χ0v) is 10.2. The Kier molecular flexibility index (Phi) is 3.36. The fourth-order valence-corrected chi connectivity index (χ4v) is 2.67. The van der Waals surface area contributed by atoms with E-state index >= 15 is 0 Å². The van der Waals surface area contributed by atoms with E-state index < -0.39 is 0 Å². The number of hydrogen-bond acceptors (Lipinski definition) is 2. The minimum atomic E-state index is -0.236. The van der Waals surface area contributed by atoms with Gasteiger partial charge < -0.3 is 10.0 Å². The number of likely N-dealkylation sites (tertiary alicyclic amines) is 1. The fraction of sp³-hybridized carbons (Fsp3) is 1.00. The standard InChI is InChI=1S/C13H25NO/c1-11(2)14-9-3-4-12(10-14)5-6-13(15)7-8-13/h11-12,15H,3-10H2,1-2H3. The molecule has 1 unspecified atom stereocenters. The summed E-state index contributed by atoms with van der Waals surface area (Å²) in [6, 6.07) is 0.691. The molecule has 1 aliphatic heterocycles. The summed E-state index contributed by atoms with van der Waals surface area (Å²) in [5, 5.41) is 9.82. The molecule has 0 aromatic carbocycles. The quantitative estimate of drug-likeness (QED) is 0.772. The molecule has 2 nitrogen and oxygen atoms in total. The van der Waals surface area contributed by atoms with Crippen molar-refractivity contribution in [1.29, 1.82) is 0 Å². The molecule has 88 valence electrons. The summed E-state index contributed by atoms with van der Waals surface area (Å²) in [5.41, 5.74) is -0.236. The van der Waals surface area contributed by atoms with Gasteiger partial charge in [0, 0.05) is 12.6 Å². The van der Waals surface area contributed by atoms with E-state index in [0.717, 1.165) is 25.2 Å². The molecule has 2 heteroatoms. The first kappa shape index (κ1) is 11.4. The van der Waals surface area contributed by atoms with Crippen LogP contribution >= 0.6 is 0 Å². The van der Waals surface area contributed by atoms with Crippen molar-refractivity contribution in [1.82, 2.24) is 4.90 Å².